The van der Waals surface area contributed by atoms with E-state index in [0.717, 1.165) is 88.6 Å². The predicted octanol–water partition coefficient (Wildman–Crippen LogP) is 16.1. The Morgan fingerprint density at radius 2 is 0.706 bits per heavy atom. The van der Waals surface area contributed by atoms with Crippen LogP contribution in [0.5, 0.6) is 0 Å². The summed E-state index contributed by atoms with van der Waals surface area (Å²) >= 11 is 0. The van der Waals surface area contributed by atoms with Crippen molar-refractivity contribution in [1.29, 1.82) is 0 Å². The normalized spacial score (nSPS) is 11.5. The van der Waals surface area contributed by atoms with Crippen LogP contribution in [-0.2, 0) is 0 Å². The monoisotopic (exact) mass is 867 g/mol. The summed E-state index contributed by atoms with van der Waals surface area (Å²) in [6.45, 7) is 0. The Labute approximate surface area is 393 Å². The first-order valence-corrected chi connectivity index (χ1v) is 23.0. The largest absolute Gasteiger partial charge is 0.308 e. The number of nitrogens with zero attached hydrogens (tertiary/aromatic N) is 5. The van der Waals surface area contributed by atoms with Crippen molar-refractivity contribution in [3.8, 4) is 78.9 Å². The van der Waals surface area contributed by atoms with E-state index in [1.165, 1.54) is 16.3 Å². The molecule has 0 unspecified atom stereocenters. The zero-order chi connectivity index (χ0) is 45.0. The molecule has 0 aliphatic rings. The van der Waals surface area contributed by atoms with Gasteiger partial charge in [-0.25, -0.2) is 4.98 Å². The fourth-order valence-electron chi connectivity index (χ4n) is 10.2. The van der Waals surface area contributed by atoms with Gasteiger partial charge in [-0.15, -0.1) is 0 Å². The minimum absolute atomic E-state index is 0.541. The quantitative estimate of drug-likeness (QED) is 0.153. The molecule has 0 aliphatic carbocycles. The highest BCUT2D eigenvalue weighted by Gasteiger charge is 2.30. The van der Waals surface area contributed by atoms with Gasteiger partial charge in [0.15, 0.2) is 11.6 Å². The second kappa shape index (κ2) is 16.4. The second-order valence-corrected chi connectivity index (χ2v) is 17.1. The number of hydrogen-bond acceptors (Lipinski definition) is 3. The Hall–Kier alpha value is -9.19. The molecule has 0 amide bonds. The minimum atomic E-state index is 0.541. The molecule has 68 heavy (non-hydrogen) atoms. The summed E-state index contributed by atoms with van der Waals surface area (Å²) in [4.78, 5) is 16.0. The summed E-state index contributed by atoms with van der Waals surface area (Å²) in [5.74, 6) is 1.75. The number of rotatable bonds is 8. The van der Waals surface area contributed by atoms with Crippen molar-refractivity contribution in [3.63, 3.8) is 0 Å². The molecule has 0 atom stereocenters. The molecule has 3 heterocycles. The average molecular weight is 868 g/mol. The van der Waals surface area contributed by atoms with Crippen molar-refractivity contribution in [2.45, 2.75) is 0 Å². The number of fused-ring (bicyclic) bond motifs is 7. The zero-order valence-electron chi connectivity index (χ0n) is 36.9. The van der Waals surface area contributed by atoms with E-state index in [1.807, 2.05) is 36.4 Å². The van der Waals surface area contributed by atoms with E-state index in [4.69, 9.17) is 15.0 Å². The number of para-hydroxylation sites is 2. The fraction of sp³-hybridized carbons (Fsp3) is 0. The summed E-state index contributed by atoms with van der Waals surface area (Å²) < 4.78 is 4.83. The van der Waals surface area contributed by atoms with E-state index in [9.17, 15) is 0 Å². The summed E-state index contributed by atoms with van der Waals surface area (Å²) in [5.41, 5.74) is 16.2. The topological polar surface area (TPSA) is 48.5 Å². The molecule has 0 N–H and O–H groups in total. The van der Waals surface area contributed by atoms with Gasteiger partial charge in [0, 0.05) is 49.4 Å². The van der Waals surface area contributed by atoms with Gasteiger partial charge < -0.3 is 4.57 Å². The Morgan fingerprint density at radius 1 is 0.279 bits per heavy atom. The lowest BCUT2D eigenvalue weighted by Gasteiger charge is -2.20. The summed E-state index contributed by atoms with van der Waals surface area (Å²) in [6, 6.07) is 88.3. The second-order valence-electron chi connectivity index (χ2n) is 17.1. The molecule has 0 saturated carbocycles. The van der Waals surface area contributed by atoms with Crippen molar-refractivity contribution >= 4 is 43.6 Å². The molecule has 0 aliphatic heterocycles. The van der Waals surface area contributed by atoms with Gasteiger partial charge in [-0.1, -0.05) is 224 Å². The Kier molecular flexibility index (Phi) is 9.43. The van der Waals surface area contributed by atoms with Gasteiger partial charge >= 0.3 is 0 Å². The molecule has 5 nitrogen and oxygen atoms in total. The van der Waals surface area contributed by atoms with Crippen LogP contribution < -0.4 is 0 Å². The van der Waals surface area contributed by atoms with Crippen LogP contribution in [0, 0.1) is 0 Å². The minimum Gasteiger partial charge on any atom is -0.308 e. The Morgan fingerprint density at radius 3 is 1.25 bits per heavy atom. The van der Waals surface area contributed by atoms with Gasteiger partial charge in [0.25, 0.3) is 0 Å². The zero-order valence-corrected chi connectivity index (χ0v) is 36.9. The first kappa shape index (κ1) is 39.2. The van der Waals surface area contributed by atoms with Gasteiger partial charge in [0.1, 0.15) is 0 Å². The average Bonchev–Trinajstić information content (AvgIpc) is 3.95. The van der Waals surface area contributed by atoms with E-state index < -0.39 is 0 Å². The maximum Gasteiger partial charge on any atom is 0.238 e. The lowest BCUT2D eigenvalue weighted by atomic mass is 9.88. The predicted molar refractivity (Wildman–Crippen MR) is 281 cm³/mol. The van der Waals surface area contributed by atoms with Crippen LogP contribution in [0.3, 0.4) is 0 Å². The third-order valence-electron chi connectivity index (χ3n) is 13.2. The molecular weight excluding hydrogens is 827 g/mol. The first-order valence-electron chi connectivity index (χ1n) is 23.0. The van der Waals surface area contributed by atoms with Crippen LogP contribution in [0.4, 0.5) is 0 Å². The van der Waals surface area contributed by atoms with Crippen molar-refractivity contribution in [2.75, 3.05) is 0 Å². The standard InChI is InChI=1S/C63H41N5/c1-7-23-42(24-8-1)48-39-40-54(51(41-48)43-25-9-2-10-26-43)67-52-37-21-19-35-49(52)57-55(44-27-11-3-12-28-44)56(45-29-13-4-14-30-45)59-58(60(57)67)50-36-20-22-38-53(50)68(59)63-65-61(46-31-15-5-16-32-46)64-62(66-63)47-33-17-6-18-34-47/h1-41H. The van der Waals surface area contributed by atoms with E-state index in [0.29, 0.717) is 17.6 Å². The molecule has 0 spiro atoms. The van der Waals surface area contributed by atoms with Crippen LogP contribution in [0.15, 0.2) is 249 Å². The Bertz CT molecular complexity index is 3920. The molecule has 3 aromatic heterocycles. The molecule has 0 radical (unpaired) electrons. The van der Waals surface area contributed by atoms with E-state index in [-0.39, 0.29) is 0 Å². The maximum absolute atomic E-state index is 5.44. The van der Waals surface area contributed by atoms with Gasteiger partial charge in [0.05, 0.1) is 27.8 Å². The third kappa shape index (κ3) is 6.44. The SMILES string of the molecule is c1ccc(-c2ccc(-n3c4ccccc4c4c(-c5ccccc5)c(-c5ccccc5)c5c(c6ccccc6n5-c5nc(-c6ccccc6)nc(-c6ccccc6)n5)c43)c(-c3ccccc3)c2)cc1. The lowest BCUT2D eigenvalue weighted by Crippen LogP contribution is -2.07. The summed E-state index contributed by atoms with van der Waals surface area (Å²) in [5, 5.41) is 4.55. The summed E-state index contributed by atoms with van der Waals surface area (Å²) in [7, 11) is 0. The molecule has 0 saturated heterocycles. The number of aromatic nitrogens is 5. The van der Waals surface area contributed by atoms with E-state index >= 15 is 0 Å². The highest BCUT2D eigenvalue weighted by atomic mass is 15.2. The Balaban J connectivity index is 1.27. The fourth-order valence-corrected chi connectivity index (χ4v) is 10.2. The van der Waals surface area contributed by atoms with E-state index in [2.05, 4.69) is 221 Å². The van der Waals surface area contributed by atoms with Crippen LogP contribution in [0.1, 0.15) is 0 Å². The number of benzene rings is 10. The maximum atomic E-state index is 5.44. The van der Waals surface area contributed by atoms with Gasteiger partial charge in [-0.05, 0) is 52.1 Å². The number of hydrogen-bond donors (Lipinski definition) is 0. The molecular formula is C63H41N5. The van der Waals surface area contributed by atoms with Crippen LogP contribution >= 0.6 is 0 Å². The highest BCUT2D eigenvalue weighted by molar-refractivity contribution is 6.34. The highest BCUT2D eigenvalue weighted by Crippen LogP contribution is 2.52. The molecule has 5 heteroatoms. The van der Waals surface area contributed by atoms with Crippen LogP contribution in [0.2, 0.25) is 0 Å². The third-order valence-corrected chi connectivity index (χ3v) is 13.2. The molecule has 0 bridgehead atoms. The van der Waals surface area contributed by atoms with Gasteiger partial charge in [-0.3, -0.25) is 4.57 Å². The van der Waals surface area contributed by atoms with E-state index in [1.54, 1.807) is 0 Å². The van der Waals surface area contributed by atoms with Crippen molar-refractivity contribution < 1.29 is 0 Å². The molecule has 10 aromatic carbocycles. The molecule has 13 aromatic rings. The van der Waals surface area contributed by atoms with Gasteiger partial charge in [0.2, 0.25) is 5.95 Å². The van der Waals surface area contributed by atoms with Crippen LogP contribution in [-0.4, -0.2) is 24.1 Å². The van der Waals surface area contributed by atoms with Crippen molar-refractivity contribution in [3.05, 3.63) is 249 Å². The van der Waals surface area contributed by atoms with Crippen molar-refractivity contribution in [2.24, 2.45) is 0 Å². The molecule has 0 fully saturated rings. The van der Waals surface area contributed by atoms with Gasteiger partial charge in [-0.2, -0.15) is 9.97 Å². The van der Waals surface area contributed by atoms with Crippen molar-refractivity contribution in [1.82, 2.24) is 24.1 Å². The summed E-state index contributed by atoms with van der Waals surface area (Å²) in [6.07, 6.45) is 0. The molecule has 318 valence electrons. The smallest absolute Gasteiger partial charge is 0.238 e. The lowest BCUT2D eigenvalue weighted by molar-refractivity contribution is 0.954. The first-order chi connectivity index (χ1) is 33.8. The molecule has 13 rings (SSSR count). The van der Waals surface area contributed by atoms with Crippen LogP contribution in [0.25, 0.3) is 123 Å².